The lowest BCUT2D eigenvalue weighted by Gasteiger charge is -2.27. The number of aliphatic carboxylic acids is 1. The highest BCUT2D eigenvalue weighted by Crippen LogP contribution is 2.27. The summed E-state index contributed by atoms with van der Waals surface area (Å²) in [4.78, 5) is 24.3. The van der Waals surface area contributed by atoms with Crippen molar-refractivity contribution in [2.24, 2.45) is 0 Å². The standard InChI is InChI=1S/C16H23NO3/c1-16(2,13-8-5-4-6-9-13)12-14(18)17(3)11-7-10-15(19)20/h4-6,8-9H,7,10-12H2,1-3H3,(H,19,20). The third-order valence-corrected chi connectivity index (χ3v) is 3.46. The molecule has 0 saturated heterocycles. The molecule has 0 unspecified atom stereocenters. The fraction of sp³-hybridized carbons (Fsp3) is 0.500. The van der Waals surface area contributed by atoms with Crippen LogP contribution in [0.3, 0.4) is 0 Å². The number of carboxylic acid groups (broad SMARTS) is 1. The van der Waals surface area contributed by atoms with Gasteiger partial charge in [-0.2, -0.15) is 0 Å². The average Bonchev–Trinajstić information content (AvgIpc) is 2.38. The molecule has 1 N–H and O–H groups in total. The molecule has 1 rings (SSSR count). The number of carbonyl (C=O) groups excluding carboxylic acids is 1. The van der Waals surface area contributed by atoms with Gasteiger partial charge in [0.1, 0.15) is 0 Å². The van der Waals surface area contributed by atoms with Crippen LogP contribution in [0.15, 0.2) is 30.3 Å². The Labute approximate surface area is 120 Å². The van der Waals surface area contributed by atoms with E-state index in [2.05, 4.69) is 0 Å². The highest BCUT2D eigenvalue weighted by atomic mass is 16.4. The molecule has 0 atom stereocenters. The van der Waals surface area contributed by atoms with Crippen molar-refractivity contribution in [2.75, 3.05) is 13.6 Å². The predicted octanol–water partition coefficient (Wildman–Crippen LogP) is 2.68. The van der Waals surface area contributed by atoms with E-state index in [1.165, 1.54) is 0 Å². The summed E-state index contributed by atoms with van der Waals surface area (Å²) in [5.41, 5.74) is 0.909. The molecule has 0 bridgehead atoms. The minimum absolute atomic E-state index is 0.0456. The van der Waals surface area contributed by atoms with Crippen LogP contribution in [-0.4, -0.2) is 35.5 Å². The summed E-state index contributed by atoms with van der Waals surface area (Å²) < 4.78 is 0. The van der Waals surface area contributed by atoms with E-state index in [1.807, 2.05) is 44.2 Å². The number of carbonyl (C=O) groups is 2. The Balaban J connectivity index is 2.54. The number of amides is 1. The Morgan fingerprint density at radius 2 is 1.80 bits per heavy atom. The monoisotopic (exact) mass is 277 g/mol. The third-order valence-electron chi connectivity index (χ3n) is 3.46. The quantitative estimate of drug-likeness (QED) is 0.833. The first-order valence-corrected chi connectivity index (χ1v) is 6.84. The zero-order valence-electron chi connectivity index (χ0n) is 12.4. The first kappa shape index (κ1) is 16.2. The number of hydrogen-bond acceptors (Lipinski definition) is 2. The highest BCUT2D eigenvalue weighted by Gasteiger charge is 2.25. The lowest BCUT2D eigenvalue weighted by Crippen LogP contribution is -2.33. The van der Waals surface area contributed by atoms with E-state index in [9.17, 15) is 9.59 Å². The van der Waals surface area contributed by atoms with Gasteiger partial charge >= 0.3 is 5.97 Å². The normalized spacial score (nSPS) is 11.2. The highest BCUT2D eigenvalue weighted by molar-refractivity contribution is 5.77. The van der Waals surface area contributed by atoms with Gasteiger partial charge in [0.25, 0.3) is 0 Å². The smallest absolute Gasteiger partial charge is 0.303 e. The molecule has 0 aliphatic rings. The maximum Gasteiger partial charge on any atom is 0.303 e. The minimum Gasteiger partial charge on any atom is -0.481 e. The average molecular weight is 277 g/mol. The van der Waals surface area contributed by atoms with Crippen LogP contribution in [0.5, 0.6) is 0 Å². The van der Waals surface area contributed by atoms with Gasteiger partial charge in [-0.15, -0.1) is 0 Å². The van der Waals surface area contributed by atoms with Crippen molar-refractivity contribution in [1.29, 1.82) is 0 Å². The number of rotatable bonds is 7. The molecule has 0 spiro atoms. The van der Waals surface area contributed by atoms with Gasteiger partial charge in [-0.3, -0.25) is 9.59 Å². The summed E-state index contributed by atoms with van der Waals surface area (Å²) in [5, 5.41) is 8.60. The molecule has 20 heavy (non-hydrogen) atoms. The number of benzene rings is 1. The van der Waals surface area contributed by atoms with Crippen LogP contribution in [0, 0.1) is 0 Å². The lowest BCUT2D eigenvalue weighted by atomic mass is 9.81. The van der Waals surface area contributed by atoms with Crippen molar-refractivity contribution in [1.82, 2.24) is 4.90 Å². The molecule has 0 aromatic heterocycles. The van der Waals surface area contributed by atoms with Crippen LogP contribution in [0.1, 0.15) is 38.7 Å². The summed E-state index contributed by atoms with van der Waals surface area (Å²) in [6, 6.07) is 9.95. The van der Waals surface area contributed by atoms with E-state index in [-0.39, 0.29) is 17.7 Å². The molecular formula is C16H23NO3. The van der Waals surface area contributed by atoms with E-state index in [4.69, 9.17) is 5.11 Å². The Kier molecular flexibility index (Phi) is 5.74. The van der Waals surface area contributed by atoms with Gasteiger partial charge in [-0.25, -0.2) is 0 Å². The van der Waals surface area contributed by atoms with Crippen LogP contribution in [0.25, 0.3) is 0 Å². The second-order valence-corrected chi connectivity index (χ2v) is 5.74. The van der Waals surface area contributed by atoms with Gasteiger partial charge in [0, 0.05) is 26.4 Å². The molecule has 0 fully saturated rings. The molecule has 0 radical (unpaired) electrons. The largest absolute Gasteiger partial charge is 0.481 e. The molecule has 1 aromatic carbocycles. The van der Waals surface area contributed by atoms with Gasteiger partial charge in [0.05, 0.1) is 0 Å². The molecule has 4 heteroatoms. The first-order valence-electron chi connectivity index (χ1n) is 6.84. The van der Waals surface area contributed by atoms with Crippen LogP contribution in [-0.2, 0) is 15.0 Å². The van der Waals surface area contributed by atoms with Gasteiger partial charge in [0.2, 0.25) is 5.91 Å². The zero-order valence-corrected chi connectivity index (χ0v) is 12.4. The number of carboxylic acids is 1. The predicted molar refractivity (Wildman–Crippen MR) is 78.6 cm³/mol. The fourth-order valence-electron chi connectivity index (χ4n) is 2.10. The maximum absolute atomic E-state index is 12.2. The Hall–Kier alpha value is -1.84. The van der Waals surface area contributed by atoms with E-state index < -0.39 is 5.97 Å². The lowest BCUT2D eigenvalue weighted by molar-refractivity contribution is -0.138. The summed E-state index contributed by atoms with van der Waals surface area (Å²) in [7, 11) is 1.73. The summed E-state index contributed by atoms with van der Waals surface area (Å²) in [5.74, 6) is -0.778. The molecule has 0 saturated carbocycles. The van der Waals surface area contributed by atoms with Crippen molar-refractivity contribution < 1.29 is 14.7 Å². The Bertz CT molecular complexity index is 454. The Morgan fingerprint density at radius 1 is 1.20 bits per heavy atom. The SMILES string of the molecule is CN(CCCC(=O)O)C(=O)CC(C)(C)c1ccccc1. The van der Waals surface area contributed by atoms with Crippen molar-refractivity contribution in [3.05, 3.63) is 35.9 Å². The van der Waals surface area contributed by atoms with E-state index >= 15 is 0 Å². The van der Waals surface area contributed by atoms with E-state index in [0.717, 1.165) is 5.56 Å². The van der Waals surface area contributed by atoms with Crippen LogP contribution in [0.4, 0.5) is 0 Å². The second kappa shape index (κ2) is 7.08. The van der Waals surface area contributed by atoms with E-state index in [0.29, 0.717) is 19.4 Å². The minimum atomic E-state index is -0.824. The number of hydrogen-bond donors (Lipinski definition) is 1. The molecule has 110 valence electrons. The summed E-state index contributed by atoms with van der Waals surface area (Å²) in [6.07, 6.45) is 1.00. The van der Waals surface area contributed by atoms with Crippen LogP contribution in [0.2, 0.25) is 0 Å². The van der Waals surface area contributed by atoms with Gasteiger partial charge < -0.3 is 10.0 Å². The van der Waals surface area contributed by atoms with Gasteiger partial charge in [0.15, 0.2) is 0 Å². The molecule has 4 nitrogen and oxygen atoms in total. The van der Waals surface area contributed by atoms with Crippen molar-refractivity contribution in [2.45, 2.75) is 38.5 Å². The molecule has 1 amide bonds. The fourth-order valence-corrected chi connectivity index (χ4v) is 2.10. The van der Waals surface area contributed by atoms with Crippen LogP contribution >= 0.6 is 0 Å². The number of nitrogens with zero attached hydrogens (tertiary/aromatic N) is 1. The van der Waals surface area contributed by atoms with Gasteiger partial charge in [-0.05, 0) is 17.4 Å². The first-order chi connectivity index (χ1) is 9.33. The molecular weight excluding hydrogens is 254 g/mol. The third kappa shape index (κ3) is 5.03. The molecule has 0 heterocycles. The van der Waals surface area contributed by atoms with Crippen molar-refractivity contribution >= 4 is 11.9 Å². The summed E-state index contributed by atoms with van der Waals surface area (Å²) in [6.45, 7) is 4.58. The zero-order chi connectivity index (χ0) is 15.2. The molecule has 0 aliphatic carbocycles. The Morgan fingerprint density at radius 3 is 2.35 bits per heavy atom. The summed E-state index contributed by atoms with van der Waals surface area (Å²) >= 11 is 0. The van der Waals surface area contributed by atoms with E-state index in [1.54, 1.807) is 11.9 Å². The topological polar surface area (TPSA) is 57.6 Å². The maximum atomic E-state index is 12.2. The molecule has 1 aromatic rings. The van der Waals surface area contributed by atoms with Crippen molar-refractivity contribution in [3.8, 4) is 0 Å². The van der Waals surface area contributed by atoms with Gasteiger partial charge in [-0.1, -0.05) is 44.2 Å². The molecule has 0 aliphatic heterocycles. The second-order valence-electron chi connectivity index (χ2n) is 5.74. The van der Waals surface area contributed by atoms with Crippen LogP contribution < -0.4 is 0 Å². The van der Waals surface area contributed by atoms with Crippen molar-refractivity contribution in [3.63, 3.8) is 0 Å².